The highest BCUT2D eigenvalue weighted by Crippen LogP contribution is 2.35. The third kappa shape index (κ3) is 2.66. The summed E-state index contributed by atoms with van der Waals surface area (Å²) < 4.78 is 5.48. The largest absolute Gasteiger partial charge is 0.494 e. The maximum Gasteiger partial charge on any atom is 0.135 e. The Balaban J connectivity index is 1.68. The Labute approximate surface area is 114 Å². The number of ketones is 1. The Morgan fingerprint density at radius 2 is 2.11 bits per heavy atom. The van der Waals surface area contributed by atoms with Gasteiger partial charge in [-0.2, -0.15) is 0 Å². The van der Waals surface area contributed by atoms with E-state index in [0.29, 0.717) is 24.3 Å². The van der Waals surface area contributed by atoms with Crippen LogP contribution < -0.4 is 4.74 Å². The van der Waals surface area contributed by atoms with Crippen molar-refractivity contribution in [1.82, 2.24) is 4.90 Å². The molecule has 0 bridgehead atoms. The summed E-state index contributed by atoms with van der Waals surface area (Å²) in [6.45, 7) is 4.77. The highest BCUT2D eigenvalue weighted by Gasteiger charge is 2.36. The fourth-order valence-corrected chi connectivity index (χ4v) is 3.35. The van der Waals surface area contributed by atoms with E-state index in [1.807, 2.05) is 6.92 Å². The lowest BCUT2D eigenvalue weighted by molar-refractivity contribution is -0.122. The van der Waals surface area contributed by atoms with Gasteiger partial charge in [0.25, 0.3) is 0 Å². The summed E-state index contributed by atoms with van der Waals surface area (Å²) in [7, 11) is 0. The first kappa shape index (κ1) is 12.7. The van der Waals surface area contributed by atoms with Crippen molar-refractivity contribution >= 4 is 5.78 Å². The van der Waals surface area contributed by atoms with E-state index in [0.717, 1.165) is 38.1 Å². The minimum atomic E-state index is 0.439. The molecule has 0 radical (unpaired) electrons. The average molecular weight is 259 g/mol. The normalized spacial score (nSPS) is 27.3. The molecule has 0 saturated carbocycles. The molecule has 0 unspecified atom stereocenters. The summed E-state index contributed by atoms with van der Waals surface area (Å²) >= 11 is 0. The summed E-state index contributed by atoms with van der Waals surface area (Å²) in [6.07, 6.45) is 2.62. The van der Waals surface area contributed by atoms with E-state index in [-0.39, 0.29) is 0 Å². The van der Waals surface area contributed by atoms with Crippen molar-refractivity contribution in [3.05, 3.63) is 29.8 Å². The second kappa shape index (κ2) is 5.33. The van der Waals surface area contributed by atoms with E-state index in [1.54, 1.807) is 0 Å². The lowest BCUT2D eigenvalue weighted by Gasteiger charge is -2.27. The molecule has 2 aliphatic rings. The molecule has 3 heteroatoms. The first-order chi connectivity index (χ1) is 9.26. The van der Waals surface area contributed by atoms with Gasteiger partial charge in [-0.15, -0.1) is 0 Å². The highest BCUT2D eigenvalue weighted by molar-refractivity contribution is 5.80. The van der Waals surface area contributed by atoms with Crippen LogP contribution in [-0.2, 0) is 4.79 Å². The summed E-state index contributed by atoms with van der Waals surface area (Å²) in [5.41, 5.74) is 1.38. The Morgan fingerprint density at radius 3 is 2.84 bits per heavy atom. The van der Waals surface area contributed by atoms with Gasteiger partial charge in [-0.05, 0) is 37.0 Å². The number of piperidine rings is 1. The van der Waals surface area contributed by atoms with Crippen LogP contribution in [0.1, 0.15) is 37.7 Å². The van der Waals surface area contributed by atoms with E-state index in [2.05, 4.69) is 29.2 Å². The second-order valence-corrected chi connectivity index (χ2v) is 5.58. The standard InChI is InChI=1S/C16H21NO2/c1-2-19-16-5-3-12(4-6-16)13-9-14-10-15(18)7-8-17(14)11-13/h3-6,13-14H,2,7-11H2,1H3/t13-,14+/m1/s1. The first-order valence-electron chi connectivity index (χ1n) is 7.24. The number of hydrogen-bond acceptors (Lipinski definition) is 3. The monoisotopic (exact) mass is 259 g/mol. The third-order valence-corrected chi connectivity index (χ3v) is 4.33. The van der Waals surface area contributed by atoms with Crippen molar-refractivity contribution in [1.29, 1.82) is 0 Å². The number of carbonyl (C=O) groups excluding carboxylic acids is 1. The SMILES string of the molecule is CCOc1ccc([C@@H]2C[C@H]3CC(=O)CCN3C2)cc1. The molecule has 19 heavy (non-hydrogen) atoms. The number of nitrogens with zero attached hydrogens (tertiary/aromatic N) is 1. The van der Waals surface area contributed by atoms with Gasteiger partial charge in [0.2, 0.25) is 0 Å². The molecule has 0 aliphatic carbocycles. The zero-order chi connectivity index (χ0) is 13.2. The van der Waals surface area contributed by atoms with Gasteiger partial charge in [-0.1, -0.05) is 12.1 Å². The fraction of sp³-hybridized carbons (Fsp3) is 0.562. The van der Waals surface area contributed by atoms with Gasteiger partial charge in [0.15, 0.2) is 0 Å². The van der Waals surface area contributed by atoms with Crippen LogP contribution in [0.3, 0.4) is 0 Å². The number of hydrogen-bond donors (Lipinski definition) is 0. The molecule has 1 aromatic carbocycles. The number of ether oxygens (including phenoxy) is 1. The highest BCUT2D eigenvalue weighted by atomic mass is 16.5. The van der Waals surface area contributed by atoms with E-state index >= 15 is 0 Å². The van der Waals surface area contributed by atoms with Gasteiger partial charge < -0.3 is 4.74 Å². The maximum atomic E-state index is 11.5. The van der Waals surface area contributed by atoms with Gasteiger partial charge in [-0.3, -0.25) is 9.69 Å². The van der Waals surface area contributed by atoms with E-state index in [1.165, 1.54) is 5.56 Å². The van der Waals surface area contributed by atoms with Crippen LogP contribution in [0.15, 0.2) is 24.3 Å². The molecule has 3 rings (SSSR count). The molecule has 0 N–H and O–H groups in total. The van der Waals surface area contributed by atoms with E-state index in [9.17, 15) is 4.79 Å². The molecule has 0 aromatic heterocycles. The number of carbonyl (C=O) groups is 1. The molecule has 2 saturated heterocycles. The number of fused-ring (bicyclic) bond motifs is 1. The van der Waals surface area contributed by atoms with Crippen LogP contribution in [-0.4, -0.2) is 36.4 Å². The maximum absolute atomic E-state index is 11.5. The van der Waals surface area contributed by atoms with Gasteiger partial charge in [0.1, 0.15) is 11.5 Å². The minimum Gasteiger partial charge on any atom is -0.494 e. The lowest BCUT2D eigenvalue weighted by atomic mass is 9.94. The average Bonchev–Trinajstić information content (AvgIpc) is 2.83. The zero-order valence-corrected chi connectivity index (χ0v) is 11.5. The molecule has 0 spiro atoms. The molecule has 3 nitrogen and oxygen atoms in total. The Morgan fingerprint density at radius 1 is 1.32 bits per heavy atom. The van der Waals surface area contributed by atoms with Crippen LogP contribution in [0.25, 0.3) is 0 Å². The Bertz CT molecular complexity index is 454. The lowest BCUT2D eigenvalue weighted by Crippen LogP contribution is -2.38. The van der Waals surface area contributed by atoms with Crippen molar-refractivity contribution in [2.75, 3.05) is 19.7 Å². The van der Waals surface area contributed by atoms with E-state index in [4.69, 9.17) is 4.74 Å². The summed E-state index contributed by atoms with van der Waals surface area (Å²) in [5, 5.41) is 0. The van der Waals surface area contributed by atoms with E-state index < -0.39 is 0 Å². The molecule has 102 valence electrons. The van der Waals surface area contributed by atoms with Crippen LogP contribution >= 0.6 is 0 Å². The predicted octanol–water partition coefficient (Wildman–Crippen LogP) is 2.61. The summed E-state index contributed by atoms with van der Waals surface area (Å²) in [4.78, 5) is 14.0. The van der Waals surface area contributed by atoms with Crippen LogP contribution in [0.5, 0.6) is 5.75 Å². The molecular weight excluding hydrogens is 238 g/mol. The smallest absolute Gasteiger partial charge is 0.135 e. The zero-order valence-electron chi connectivity index (χ0n) is 11.5. The van der Waals surface area contributed by atoms with Crippen LogP contribution in [0.4, 0.5) is 0 Å². The molecule has 1 aromatic rings. The van der Waals surface area contributed by atoms with Gasteiger partial charge in [-0.25, -0.2) is 0 Å². The number of rotatable bonds is 3. The quantitative estimate of drug-likeness (QED) is 0.835. The molecular formula is C16H21NO2. The molecule has 2 heterocycles. The Hall–Kier alpha value is -1.35. The van der Waals surface area contributed by atoms with Gasteiger partial charge >= 0.3 is 0 Å². The van der Waals surface area contributed by atoms with Crippen LogP contribution in [0, 0.1) is 0 Å². The molecule has 2 fully saturated rings. The fourth-order valence-electron chi connectivity index (χ4n) is 3.35. The van der Waals surface area contributed by atoms with Crippen molar-refractivity contribution in [2.45, 2.75) is 38.1 Å². The van der Waals surface area contributed by atoms with Crippen molar-refractivity contribution in [3.63, 3.8) is 0 Å². The van der Waals surface area contributed by atoms with Crippen molar-refractivity contribution in [3.8, 4) is 5.75 Å². The number of Topliss-reactive ketones (excluding diaryl/α,β-unsaturated/α-hetero) is 1. The third-order valence-electron chi connectivity index (χ3n) is 4.33. The Kier molecular flexibility index (Phi) is 3.56. The summed E-state index contributed by atoms with van der Waals surface area (Å²) in [5.74, 6) is 1.96. The predicted molar refractivity (Wildman–Crippen MR) is 74.6 cm³/mol. The van der Waals surface area contributed by atoms with Gasteiger partial charge in [0, 0.05) is 32.0 Å². The number of benzene rings is 1. The van der Waals surface area contributed by atoms with Crippen molar-refractivity contribution < 1.29 is 9.53 Å². The second-order valence-electron chi connectivity index (χ2n) is 5.58. The summed E-state index contributed by atoms with van der Waals surface area (Å²) in [6, 6.07) is 8.95. The first-order valence-corrected chi connectivity index (χ1v) is 7.24. The van der Waals surface area contributed by atoms with Crippen LogP contribution in [0.2, 0.25) is 0 Å². The topological polar surface area (TPSA) is 29.5 Å². The van der Waals surface area contributed by atoms with Gasteiger partial charge in [0.05, 0.1) is 6.61 Å². The molecule has 2 aliphatic heterocycles. The van der Waals surface area contributed by atoms with Crippen molar-refractivity contribution in [2.24, 2.45) is 0 Å². The minimum absolute atomic E-state index is 0.439. The molecule has 0 amide bonds. The molecule has 2 atom stereocenters.